The Hall–Kier alpha value is -4.00. The lowest BCUT2D eigenvalue weighted by atomic mass is 9.96. The molecular formula is C30H26F2N4O6S2. The molecule has 6 rings (SSSR count). The first-order chi connectivity index (χ1) is 21.0. The van der Waals surface area contributed by atoms with Gasteiger partial charge in [-0.05, 0) is 61.1 Å². The summed E-state index contributed by atoms with van der Waals surface area (Å²) in [5.41, 5.74) is 2.62. The molecule has 0 radical (unpaired) electrons. The zero-order valence-corrected chi connectivity index (χ0v) is 24.7. The predicted octanol–water partition coefficient (Wildman–Crippen LogP) is 3.52. The van der Waals surface area contributed by atoms with Crippen molar-refractivity contribution in [3.63, 3.8) is 0 Å². The van der Waals surface area contributed by atoms with Crippen molar-refractivity contribution < 1.29 is 36.9 Å². The van der Waals surface area contributed by atoms with Gasteiger partial charge in [0.2, 0.25) is 15.2 Å². The zero-order chi connectivity index (χ0) is 31.2. The average molecular weight is 641 g/mol. The summed E-state index contributed by atoms with van der Waals surface area (Å²) in [6, 6.07) is 7.95. The molecule has 14 heteroatoms. The number of benzene rings is 2. The number of ether oxygens (including phenoxy) is 1. The second-order valence-electron chi connectivity index (χ2n) is 10.8. The second kappa shape index (κ2) is 11.8. The van der Waals surface area contributed by atoms with Gasteiger partial charge in [0.05, 0.1) is 30.2 Å². The molecule has 1 aliphatic carbocycles. The summed E-state index contributed by atoms with van der Waals surface area (Å²) >= 11 is 1.10. The molecule has 0 bridgehead atoms. The number of carboxylic acids is 1. The van der Waals surface area contributed by atoms with Crippen LogP contribution in [0.15, 0.2) is 46.7 Å². The highest BCUT2D eigenvalue weighted by Gasteiger charge is 2.30. The standard InChI is InChI=1S/C30H26F2N4O6S2/c31-22-6-4-19(12-18(22)5-7-26(37)20-13-42-14-20)28-21(9-17-3-8-27(23(32)10-17)44(33,40)41)25(11-16-1-2-16)36(35-28)30-34-24(15-43-30)29(38)39/h3-4,6,8,10,12,15-16,20,26,37H,1-2,9,11,13-14H2,(H,38,39)(H2,33,40,41). The lowest BCUT2D eigenvalue weighted by Crippen LogP contribution is -2.36. The molecule has 2 aliphatic rings. The second-order valence-corrected chi connectivity index (χ2v) is 13.2. The smallest absolute Gasteiger partial charge is 0.355 e. The van der Waals surface area contributed by atoms with E-state index in [1.807, 2.05) is 0 Å². The SMILES string of the molecule is NS(=O)(=O)c1ccc(Cc2c(-c3ccc(F)c(C#CC(O)C4COC4)c3)nn(-c3nc(C(=O)O)cs3)c2CC2CC2)cc1F. The minimum absolute atomic E-state index is 0.0389. The van der Waals surface area contributed by atoms with Gasteiger partial charge >= 0.3 is 5.97 Å². The van der Waals surface area contributed by atoms with Crippen LogP contribution in [0.25, 0.3) is 16.4 Å². The summed E-state index contributed by atoms with van der Waals surface area (Å²) in [4.78, 5) is 15.2. The fraction of sp³-hybridized carbons (Fsp3) is 0.300. The fourth-order valence-electron chi connectivity index (χ4n) is 4.89. The molecule has 10 nitrogen and oxygen atoms in total. The van der Waals surface area contributed by atoms with Crippen LogP contribution in [0.1, 0.15) is 45.7 Å². The maximum absolute atomic E-state index is 14.9. The van der Waals surface area contributed by atoms with Crippen molar-refractivity contribution >= 4 is 27.3 Å². The third kappa shape index (κ3) is 6.28. The molecule has 1 atom stereocenters. The van der Waals surface area contributed by atoms with Crippen molar-refractivity contribution in [2.24, 2.45) is 17.0 Å². The van der Waals surface area contributed by atoms with Gasteiger partial charge in [-0.3, -0.25) is 0 Å². The average Bonchev–Trinajstić information content (AvgIpc) is 3.49. The Morgan fingerprint density at radius 2 is 1.95 bits per heavy atom. The molecule has 1 unspecified atom stereocenters. The number of hydrogen-bond acceptors (Lipinski definition) is 8. The first-order valence-electron chi connectivity index (χ1n) is 13.7. The highest BCUT2D eigenvalue weighted by atomic mass is 32.2. The molecule has 0 amide bonds. The number of sulfonamides is 1. The number of carboxylic acid groups (broad SMARTS) is 1. The van der Waals surface area contributed by atoms with Crippen LogP contribution >= 0.6 is 11.3 Å². The number of primary sulfonamides is 1. The van der Waals surface area contributed by atoms with Crippen LogP contribution in [0.4, 0.5) is 8.78 Å². The zero-order valence-electron chi connectivity index (χ0n) is 23.0. The molecule has 1 aliphatic heterocycles. The number of halogens is 2. The number of aromatic carboxylic acids is 1. The molecular weight excluding hydrogens is 614 g/mol. The van der Waals surface area contributed by atoms with E-state index in [0.29, 0.717) is 53.1 Å². The third-order valence-electron chi connectivity index (χ3n) is 7.55. The van der Waals surface area contributed by atoms with Crippen LogP contribution in [0.3, 0.4) is 0 Å². The normalized spacial score (nSPS) is 15.8. The highest BCUT2D eigenvalue weighted by Crippen LogP contribution is 2.38. The summed E-state index contributed by atoms with van der Waals surface area (Å²) in [5, 5.41) is 31.4. The predicted molar refractivity (Wildman–Crippen MR) is 156 cm³/mol. The van der Waals surface area contributed by atoms with Crippen molar-refractivity contribution in [1.82, 2.24) is 14.8 Å². The molecule has 3 heterocycles. The van der Waals surface area contributed by atoms with Crippen LogP contribution in [0.5, 0.6) is 0 Å². The van der Waals surface area contributed by atoms with Crippen molar-refractivity contribution in [3.05, 3.63) is 81.5 Å². The van der Waals surface area contributed by atoms with Gasteiger partial charge in [-0.1, -0.05) is 17.9 Å². The number of carbonyl (C=O) groups is 1. The van der Waals surface area contributed by atoms with Gasteiger partial charge in [-0.15, -0.1) is 11.3 Å². The first kappa shape index (κ1) is 30.0. The Kier molecular flexibility index (Phi) is 8.08. The fourth-order valence-corrected chi connectivity index (χ4v) is 6.25. The van der Waals surface area contributed by atoms with Crippen molar-refractivity contribution in [3.8, 4) is 28.2 Å². The molecule has 4 aromatic rings. The number of rotatable bonds is 9. The van der Waals surface area contributed by atoms with Crippen molar-refractivity contribution in [2.75, 3.05) is 13.2 Å². The quantitative estimate of drug-likeness (QED) is 0.235. The van der Waals surface area contributed by atoms with E-state index in [4.69, 9.17) is 15.0 Å². The van der Waals surface area contributed by atoms with Crippen molar-refractivity contribution in [1.29, 1.82) is 0 Å². The van der Waals surface area contributed by atoms with Crippen molar-refractivity contribution in [2.45, 2.75) is 36.7 Å². The summed E-state index contributed by atoms with van der Waals surface area (Å²) in [6.07, 6.45) is 1.69. The lowest BCUT2D eigenvalue weighted by Gasteiger charge is -2.27. The summed E-state index contributed by atoms with van der Waals surface area (Å²) in [7, 11) is -4.27. The van der Waals surface area contributed by atoms with Crippen LogP contribution in [-0.2, 0) is 27.6 Å². The Morgan fingerprint density at radius 1 is 1.18 bits per heavy atom. The Labute approximate surface area is 255 Å². The van der Waals surface area contributed by atoms with Crippen LogP contribution in [-0.4, -0.2) is 58.7 Å². The third-order valence-corrected chi connectivity index (χ3v) is 9.31. The van der Waals surface area contributed by atoms with Crippen LogP contribution in [0, 0.1) is 35.3 Å². The number of aliphatic hydroxyl groups is 1. The van der Waals surface area contributed by atoms with Gasteiger partial charge in [0.1, 0.15) is 22.6 Å². The molecule has 1 saturated heterocycles. The van der Waals surface area contributed by atoms with E-state index in [0.717, 1.165) is 42.0 Å². The van der Waals surface area contributed by atoms with Gasteiger partial charge in [-0.2, -0.15) is 5.10 Å². The maximum atomic E-state index is 14.9. The first-order valence-corrected chi connectivity index (χ1v) is 16.1. The lowest BCUT2D eigenvalue weighted by molar-refractivity contribution is -0.0740. The Morgan fingerprint density at radius 3 is 2.57 bits per heavy atom. The largest absolute Gasteiger partial charge is 0.476 e. The minimum atomic E-state index is -4.27. The molecule has 2 fully saturated rings. The van der Waals surface area contributed by atoms with E-state index in [-0.39, 0.29) is 23.6 Å². The maximum Gasteiger partial charge on any atom is 0.355 e. The molecule has 1 saturated carbocycles. The van der Waals surface area contributed by atoms with Gasteiger partial charge in [0.15, 0.2) is 5.69 Å². The molecule has 0 spiro atoms. The number of nitrogens with two attached hydrogens (primary N) is 1. The number of aromatic nitrogens is 3. The van der Waals surface area contributed by atoms with E-state index in [1.54, 1.807) is 4.68 Å². The van der Waals surface area contributed by atoms with E-state index >= 15 is 0 Å². The van der Waals surface area contributed by atoms with Crippen LogP contribution < -0.4 is 5.14 Å². The van der Waals surface area contributed by atoms with Gasteiger partial charge in [-0.25, -0.2) is 36.8 Å². The molecule has 2 aromatic carbocycles. The van der Waals surface area contributed by atoms with Gasteiger partial charge < -0.3 is 14.9 Å². The van der Waals surface area contributed by atoms with Crippen LogP contribution in [0.2, 0.25) is 0 Å². The monoisotopic (exact) mass is 640 g/mol. The number of nitrogens with zero attached hydrogens (tertiary/aromatic N) is 3. The Bertz CT molecular complexity index is 1940. The Balaban J connectivity index is 1.48. The topological polar surface area (TPSA) is 158 Å². The van der Waals surface area contributed by atoms with Gasteiger partial charge in [0.25, 0.3) is 0 Å². The summed E-state index contributed by atoms with van der Waals surface area (Å²) in [6.45, 7) is 0.754. The van der Waals surface area contributed by atoms with E-state index in [2.05, 4.69) is 16.8 Å². The molecule has 44 heavy (non-hydrogen) atoms. The van der Waals surface area contributed by atoms with Gasteiger partial charge in [0, 0.05) is 28.8 Å². The number of aliphatic hydroxyl groups excluding tert-OH is 1. The molecule has 2 aromatic heterocycles. The summed E-state index contributed by atoms with van der Waals surface area (Å²) < 4.78 is 59.9. The van der Waals surface area contributed by atoms with E-state index in [9.17, 15) is 32.2 Å². The van der Waals surface area contributed by atoms with E-state index < -0.39 is 38.6 Å². The minimum Gasteiger partial charge on any atom is -0.476 e. The number of thiazole rings is 1. The molecule has 4 N–H and O–H groups in total. The van der Waals surface area contributed by atoms with E-state index in [1.165, 1.54) is 29.6 Å². The summed E-state index contributed by atoms with van der Waals surface area (Å²) in [5.74, 6) is 2.83. The molecule has 228 valence electrons. The highest BCUT2D eigenvalue weighted by molar-refractivity contribution is 7.89. The number of hydrogen-bond donors (Lipinski definition) is 3.